The summed E-state index contributed by atoms with van der Waals surface area (Å²) in [5, 5.41) is 3.45. The Kier molecular flexibility index (Phi) is 7.35. The molecule has 0 bridgehead atoms. The summed E-state index contributed by atoms with van der Waals surface area (Å²) in [5.74, 6) is -0.167. The van der Waals surface area contributed by atoms with Crippen LogP contribution < -0.4 is 10.2 Å². The van der Waals surface area contributed by atoms with E-state index in [4.69, 9.17) is 11.6 Å². The molecule has 0 aromatic heterocycles. The van der Waals surface area contributed by atoms with Gasteiger partial charge in [0.25, 0.3) is 0 Å². The Morgan fingerprint density at radius 1 is 1.23 bits per heavy atom. The van der Waals surface area contributed by atoms with Crippen LogP contribution in [0.25, 0.3) is 0 Å². The van der Waals surface area contributed by atoms with E-state index in [2.05, 4.69) is 5.32 Å². The van der Waals surface area contributed by atoms with Crippen molar-refractivity contribution in [2.45, 2.75) is 20.3 Å². The maximum atomic E-state index is 11.9. The third kappa shape index (κ3) is 5.66. The molecular weight excluding hydrogens is 302 g/mol. The molecule has 0 saturated heterocycles. The lowest BCUT2D eigenvalue weighted by Crippen LogP contribution is -2.36. The molecule has 1 aromatic rings. The molecule has 6 heteroatoms. The van der Waals surface area contributed by atoms with E-state index < -0.39 is 0 Å². The third-order valence-electron chi connectivity index (χ3n) is 3.35. The van der Waals surface area contributed by atoms with Gasteiger partial charge in [0.05, 0.1) is 0 Å². The fraction of sp³-hybridized carbons (Fsp3) is 0.500. The first kappa shape index (κ1) is 18.5. The molecule has 0 atom stereocenters. The third-order valence-corrected chi connectivity index (χ3v) is 3.76. The molecule has 2 amide bonds. The van der Waals surface area contributed by atoms with Crippen LogP contribution in [0.1, 0.15) is 18.9 Å². The van der Waals surface area contributed by atoms with Crippen LogP contribution in [0.15, 0.2) is 18.2 Å². The van der Waals surface area contributed by atoms with E-state index in [0.29, 0.717) is 18.1 Å². The first-order valence-corrected chi connectivity index (χ1v) is 7.65. The van der Waals surface area contributed by atoms with Crippen LogP contribution in [0.2, 0.25) is 5.02 Å². The number of carbonyl (C=O) groups is 2. The predicted molar refractivity (Wildman–Crippen MR) is 90.4 cm³/mol. The molecule has 5 nitrogen and oxygen atoms in total. The van der Waals surface area contributed by atoms with Gasteiger partial charge in [0.2, 0.25) is 11.8 Å². The fourth-order valence-corrected chi connectivity index (χ4v) is 2.23. The molecule has 0 aliphatic carbocycles. The average Bonchev–Trinajstić information content (AvgIpc) is 2.42. The highest BCUT2D eigenvalue weighted by atomic mass is 35.5. The van der Waals surface area contributed by atoms with E-state index in [0.717, 1.165) is 17.8 Å². The quantitative estimate of drug-likeness (QED) is 0.835. The molecule has 0 aliphatic rings. The molecule has 0 radical (unpaired) electrons. The van der Waals surface area contributed by atoms with E-state index in [1.54, 1.807) is 17.0 Å². The van der Waals surface area contributed by atoms with Crippen molar-refractivity contribution >= 4 is 29.1 Å². The molecular formula is C16H24ClN3O2. The van der Waals surface area contributed by atoms with Gasteiger partial charge in [-0.3, -0.25) is 9.59 Å². The molecule has 0 fully saturated rings. The largest absolute Gasteiger partial charge is 0.355 e. The number of likely N-dealkylation sites (N-methyl/N-ethyl adjacent to an activating group) is 1. The predicted octanol–water partition coefficient (Wildman–Crippen LogP) is 2.07. The van der Waals surface area contributed by atoms with Crippen LogP contribution in [0.5, 0.6) is 0 Å². The van der Waals surface area contributed by atoms with Gasteiger partial charge in [-0.1, -0.05) is 17.7 Å². The van der Waals surface area contributed by atoms with Gasteiger partial charge >= 0.3 is 0 Å². The van der Waals surface area contributed by atoms with E-state index in [1.807, 2.05) is 32.0 Å². The Balaban J connectivity index is 2.64. The van der Waals surface area contributed by atoms with Crippen molar-refractivity contribution in [1.29, 1.82) is 0 Å². The van der Waals surface area contributed by atoms with E-state index >= 15 is 0 Å². The Morgan fingerprint density at radius 2 is 1.91 bits per heavy atom. The molecule has 0 aliphatic heterocycles. The van der Waals surface area contributed by atoms with Crippen LogP contribution in [-0.4, -0.2) is 50.4 Å². The Hall–Kier alpha value is -1.59. The normalized spacial score (nSPS) is 10.6. The van der Waals surface area contributed by atoms with Gasteiger partial charge in [0, 0.05) is 43.7 Å². The van der Waals surface area contributed by atoms with Crippen molar-refractivity contribution in [2.75, 3.05) is 38.6 Å². The minimum atomic E-state index is -0.105. The van der Waals surface area contributed by atoms with Crippen LogP contribution in [0.3, 0.4) is 0 Å². The SMILES string of the molecule is CC(=O)N(CCC(=O)NCCN(C)C)c1cccc(Cl)c1C. The minimum absolute atomic E-state index is 0.0622. The summed E-state index contributed by atoms with van der Waals surface area (Å²) >= 11 is 6.10. The number of nitrogens with zero attached hydrogens (tertiary/aromatic N) is 2. The molecule has 1 N–H and O–H groups in total. The number of benzene rings is 1. The van der Waals surface area contributed by atoms with Gasteiger partial charge in [-0.2, -0.15) is 0 Å². The van der Waals surface area contributed by atoms with Crippen molar-refractivity contribution in [3.05, 3.63) is 28.8 Å². The molecule has 0 unspecified atom stereocenters. The van der Waals surface area contributed by atoms with Crippen LogP contribution >= 0.6 is 11.6 Å². The summed E-state index contributed by atoms with van der Waals surface area (Å²) in [6.45, 7) is 5.08. The zero-order valence-corrected chi connectivity index (χ0v) is 14.4. The molecule has 122 valence electrons. The monoisotopic (exact) mass is 325 g/mol. The number of rotatable bonds is 7. The van der Waals surface area contributed by atoms with Crippen molar-refractivity contribution in [3.63, 3.8) is 0 Å². The maximum Gasteiger partial charge on any atom is 0.223 e. The second-order valence-corrected chi connectivity index (χ2v) is 5.87. The van der Waals surface area contributed by atoms with Crippen molar-refractivity contribution in [1.82, 2.24) is 10.2 Å². The number of halogens is 1. The van der Waals surface area contributed by atoms with E-state index in [9.17, 15) is 9.59 Å². The zero-order valence-electron chi connectivity index (χ0n) is 13.6. The first-order chi connectivity index (χ1) is 10.3. The summed E-state index contributed by atoms with van der Waals surface area (Å²) in [6.07, 6.45) is 0.263. The number of anilines is 1. The molecule has 0 heterocycles. The standard InChI is InChI=1S/C16H24ClN3O2/c1-12-14(17)6-5-7-15(12)20(13(2)21)10-8-16(22)18-9-11-19(3)4/h5-7H,8-11H2,1-4H3,(H,18,22). The molecule has 1 aromatic carbocycles. The second-order valence-electron chi connectivity index (χ2n) is 5.46. The van der Waals surface area contributed by atoms with Gasteiger partial charge in [0.1, 0.15) is 0 Å². The van der Waals surface area contributed by atoms with Gasteiger partial charge in [-0.05, 0) is 38.7 Å². The Labute approximate surface area is 137 Å². The van der Waals surface area contributed by atoms with Gasteiger partial charge in [-0.15, -0.1) is 0 Å². The van der Waals surface area contributed by atoms with Crippen LogP contribution in [0.4, 0.5) is 5.69 Å². The second kappa shape index (κ2) is 8.76. The summed E-state index contributed by atoms with van der Waals surface area (Å²) in [7, 11) is 3.90. The lowest BCUT2D eigenvalue weighted by Gasteiger charge is -2.23. The highest BCUT2D eigenvalue weighted by molar-refractivity contribution is 6.31. The summed E-state index contributed by atoms with van der Waals surface area (Å²) in [4.78, 5) is 27.3. The lowest BCUT2D eigenvalue weighted by atomic mass is 10.1. The summed E-state index contributed by atoms with van der Waals surface area (Å²) in [6, 6.07) is 5.43. The van der Waals surface area contributed by atoms with E-state index in [1.165, 1.54) is 6.92 Å². The number of hydrogen-bond donors (Lipinski definition) is 1. The molecule has 0 spiro atoms. The number of nitrogens with one attached hydrogen (secondary N) is 1. The van der Waals surface area contributed by atoms with Crippen molar-refractivity contribution in [2.24, 2.45) is 0 Å². The molecule has 0 saturated carbocycles. The maximum absolute atomic E-state index is 11.9. The molecule has 1 rings (SSSR count). The Bertz CT molecular complexity index is 532. The number of amides is 2. The highest BCUT2D eigenvalue weighted by Gasteiger charge is 2.16. The summed E-state index contributed by atoms with van der Waals surface area (Å²) < 4.78 is 0. The van der Waals surface area contributed by atoms with Crippen molar-refractivity contribution < 1.29 is 9.59 Å². The zero-order chi connectivity index (χ0) is 16.7. The van der Waals surface area contributed by atoms with Crippen molar-refractivity contribution in [3.8, 4) is 0 Å². The minimum Gasteiger partial charge on any atom is -0.355 e. The van der Waals surface area contributed by atoms with Gasteiger partial charge < -0.3 is 15.1 Å². The number of carbonyl (C=O) groups excluding carboxylic acids is 2. The average molecular weight is 326 g/mol. The van der Waals surface area contributed by atoms with Gasteiger partial charge in [-0.25, -0.2) is 0 Å². The highest BCUT2D eigenvalue weighted by Crippen LogP contribution is 2.26. The summed E-state index contributed by atoms with van der Waals surface area (Å²) in [5.41, 5.74) is 1.59. The fourth-order valence-electron chi connectivity index (χ4n) is 2.06. The Morgan fingerprint density at radius 3 is 2.50 bits per heavy atom. The van der Waals surface area contributed by atoms with Gasteiger partial charge in [0.15, 0.2) is 0 Å². The van der Waals surface area contributed by atoms with E-state index in [-0.39, 0.29) is 18.2 Å². The smallest absolute Gasteiger partial charge is 0.223 e. The number of hydrogen-bond acceptors (Lipinski definition) is 3. The van der Waals surface area contributed by atoms with Crippen LogP contribution in [0, 0.1) is 6.92 Å². The molecule has 22 heavy (non-hydrogen) atoms. The van der Waals surface area contributed by atoms with Crippen LogP contribution in [-0.2, 0) is 9.59 Å². The first-order valence-electron chi connectivity index (χ1n) is 7.27. The lowest BCUT2D eigenvalue weighted by molar-refractivity contribution is -0.121. The topological polar surface area (TPSA) is 52.7 Å².